The van der Waals surface area contributed by atoms with Gasteiger partial charge in [-0.25, -0.2) is 4.98 Å². The molecule has 1 aromatic heterocycles. The van der Waals surface area contributed by atoms with Crippen molar-refractivity contribution in [3.8, 4) is 6.07 Å². The van der Waals surface area contributed by atoms with Crippen LogP contribution in [-0.4, -0.2) is 11.5 Å². The van der Waals surface area contributed by atoms with Crippen molar-refractivity contribution in [2.45, 2.75) is 33.7 Å². The molecule has 1 N–H and O–H groups in total. The minimum absolute atomic E-state index is 0.226. The lowest BCUT2D eigenvalue weighted by Gasteiger charge is -2.14. The maximum Gasteiger partial charge on any atom is 0.0897 e. The lowest BCUT2D eigenvalue weighted by Crippen LogP contribution is -2.20. The van der Waals surface area contributed by atoms with Crippen molar-refractivity contribution in [3.63, 3.8) is 0 Å². The molecule has 0 saturated heterocycles. The smallest absolute Gasteiger partial charge is 0.0897 e. The van der Waals surface area contributed by atoms with Crippen molar-refractivity contribution in [2.75, 3.05) is 6.54 Å². The summed E-state index contributed by atoms with van der Waals surface area (Å²) in [6.07, 6.45) is 2.78. The molecule has 0 unspecified atom stereocenters. The number of aromatic nitrogens is 1. The highest BCUT2D eigenvalue weighted by Crippen LogP contribution is 2.17. The van der Waals surface area contributed by atoms with E-state index in [1.165, 1.54) is 4.88 Å². The summed E-state index contributed by atoms with van der Waals surface area (Å²) in [6.45, 7) is 7.66. The Morgan fingerprint density at radius 3 is 2.87 bits per heavy atom. The van der Waals surface area contributed by atoms with E-state index in [1.807, 2.05) is 27.0 Å². The first-order chi connectivity index (χ1) is 7.03. The van der Waals surface area contributed by atoms with Crippen LogP contribution in [0, 0.1) is 23.7 Å². The van der Waals surface area contributed by atoms with E-state index in [0.717, 1.165) is 24.5 Å². The molecule has 0 fully saturated rings. The third-order valence-electron chi connectivity index (χ3n) is 2.20. The zero-order chi connectivity index (χ0) is 11.3. The molecular weight excluding hydrogens is 206 g/mol. The van der Waals surface area contributed by atoms with Crippen LogP contribution in [0.2, 0.25) is 0 Å². The summed E-state index contributed by atoms with van der Waals surface area (Å²) < 4.78 is 0. The molecule has 1 rings (SSSR count). The summed E-state index contributed by atoms with van der Waals surface area (Å²) in [5, 5.41) is 13.3. The van der Waals surface area contributed by atoms with Crippen molar-refractivity contribution in [3.05, 3.63) is 16.1 Å². The number of hydrogen-bond acceptors (Lipinski definition) is 4. The second-order valence-electron chi connectivity index (χ2n) is 4.27. The van der Waals surface area contributed by atoms with Crippen LogP contribution >= 0.6 is 11.3 Å². The van der Waals surface area contributed by atoms with Gasteiger partial charge in [0.2, 0.25) is 0 Å². The van der Waals surface area contributed by atoms with E-state index in [4.69, 9.17) is 5.26 Å². The van der Waals surface area contributed by atoms with E-state index in [1.54, 1.807) is 11.3 Å². The van der Waals surface area contributed by atoms with Gasteiger partial charge in [-0.2, -0.15) is 5.26 Å². The molecule has 82 valence electrons. The molecule has 0 aromatic carbocycles. The zero-order valence-corrected chi connectivity index (χ0v) is 10.3. The summed E-state index contributed by atoms with van der Waals surface area (Å²) in [5.41, 5.74) is -0.226. The molecule has 15 heavy (non-hydrogen) atoms. The van der Waals surface area contributed by atoms with Crippen LogP contribution in [-0.2, 0) is 6.54 Å². The van der Waals surface area contributed by atoms with Gasteiger partial charge in [-0.05, 0) is 33.7 Å². The fraction of sp³-hybridized carbons (Fsp3) is 0.636. The zero-order valence-electron chi connectivity index (χ0n) is 9.50. The SMILES string of the molecule is Cc1ncc(CNCCC(C)(C)C#N)s1. The van der Waals surface area contributed by atoms with E-state index in [2.05, 4.69) is 16.4 Å². The molecule has 1 heterocycles. The van der Waals surface area contributed by atoms with Crippen LogP contribution in [0.25, 0.3) is 0 Å². The van der Waals surface area contributed by atoms with Crippen LogP contribution in [0.5, 0.6) is 0 Å². The molecule has 0 aliphatic carbocycles. The molecule has 0 bridgehead atoms. The van der Waals surface area contributed by atoms with Gasteiger partial charge in [0.05, 0.1) is 16.5 Å². The summed E-state index contributed by atoms with van der Waals surface area (Å²) >= 11 is 1.71. The highest BCUT2D eigenvalue weighted by molar-refractivity contribution is 7.11. The van der Waals surface area contributed by atoms with E-state index >= 15 is 0 Å². The second-order valence-corrected chi connectivity index (χ2v) is 5.59. The first kappa shape index (κ1) is 12.2. The maximum atomic E-state index is 8.83. The minimum Gasteiger partial charge on any atom is -0.312 e. The monoisotopic (exact) mass is 223 g/mol. The Balaban J connectivity index is 2.21. The Morgan fingerprint density at radius 2 is 2.33 bits per heavy atom. The predicted octanol–water partition coefficient (Wildman–Crippen LogP) is 2.48. The first-order valence-electron chi connectivity index (χ1n) is 5.07. The molecule has 0 aliphatic heterocycles. The minimum atomic E-state index is -0.226. The van der Waals surface area contributed by atoms with Crippen molar-refractivity contribution >= 4 is 11.3 Å². The third-order valence-corrected chi connectivity index (χ3v) is 3.11. The number of rotatable bonds is 5. The van der Waals surface area contributed by atoms with E-state index < -0.39 is 0 Å². The molecule has 4 heteroatoms. The Hall–Kier alpha value is -0.920. The van der Waals surface area contributed by atoms with Crippen LogP contribution < -0.4 is 5.32 Å². The lowest BCUT2D eigenvalue weighted by atomic mass is 9.91. The van der Waals surface area contributed by atoms with Gasteiger partial charge >= 0.3 is 0 Å². The largest absolute Gasteiger partial charge is 0.312 e. The van der Waals surface area contributed by atoms with Crippen molar-refractivity contribution in [2.24, 2.45) is 5.41 Å². The van der Waals surface area contributed by atoms with Gasteiger partial charge in [0.25, 0.3) is 0 Å². The summed E-state index contributed by atoms with van der Waals surface area (Å²) in [4.78, 5) is 5.44. The summed E-state index contributed by atoms with van der Waals surface area (Å²) in [5.74, 6) is 0. The van der Waals surface area contributed by atoms with Crippen LogP contribution in [0.15, 0.2) is 6.20 Å². The van der Waals surface area contributed by atoms with Gasteiger partial charge in [-0.3, -0.25) is 0 Å². The molecule has 0 atom stereocenters. The van der Waals surface area contributed by atoms with Gasteiger partial charge in [0, 0.05) is 17.6 Å². The molecule has 0 spiro atoms. The Labute approximate surface area is 95.2 Å². The van der Waals surface area contributed by atoms with Crippen molar-refractivity contribution in [1.82, 2.24) is 10.3 Å². The van der Waals surface area contributed by atoms with E-state index in [9.17, 15) is 0 Å². The number of nitriles is 1. The number of nitrogens with one attached hydrogen (secondary N) is 1. The van der Waals surface area contributed by atoms with Gasteiger partial charge < -0.3 is 5.32 Å². The van der Waals surface area contributed by atoms with Gasteiger partial charge in [-0.1, -0.05) is 0 Å². The highest BCUT2D eigenvalue weighted by Gasteiger charge is 2.15. The molecule has 0 amide bonds. The number of hydrogen-bond donors (Lipinski definition) is 1. The Bertz CT molecular complexity index is 349. The maximum absolute atomic E-state index is 8.83. The van der Waals surface area contributed by atoms with Gasteiger partial charge in [-0.15, -0.1) is 11.3 Å². The average molecular weight is 223 g/mol. The third kappa shape index (κ3) is 4.41. The topological polar surface area (TPSA) is 48.7 Å². The lowest BCUT2D eigenvalue weighted by molar-refractivity contribution is 0.433. The quantitative estimate of drug-likeness (QED) is 0.780. The molecule has 1 aromatic rings. The Morgan fingerprint density at radius 1 is 1.60 bits per heavy atom. The van der Waals surface area contributed by atoms with Gasteiger partial charge in [0.1, 0.15) is 0 Å². The summed E-state index contributed by atoms with van der Waals surface area (Å²) in [6, 6.07) is 2.29. The number of aryl methyl sites for hydroxylation is 1. The fourth-order valence-electron chi connectivity index (χ4n) is 1.16. The van der Waals surface area contributed by atoms with Gasteiger partial charge in [0.15, 0.2) is 0 Å². The normalized spacial score (nSPS) is 11.3. The average Bonchev–Trinajstić information content (AvgIpc) is 2.59. The second kappa shape index (κ2) is 5.24. The van der Waals surface area contributed by atoms with E-state index in [-0.39, 0.29) is 5.41 Å². The van der Waals surface area contributed by atoms with Crippen LogP contribution in [0.1, 0.15) is 30.2 Å². The van der Waals surface area contributed by atoms with Crippen molar-refractivity contribution in [1.29, 1.82) is 5.26 Å². The molecule has 0 radical (unpaired) electrons. The number of nitrogens with zero attached hydrogens (tertiary/aromatic N) is 2. The van der Waals surface area contributed by atoms with Crippen LogP contribution in [0.4, 0.5) is 0 Å². The summed E-state index contributed by atoms with van der Waals surface area (Å²) in [7, 11) is 0. The van der Waals surface area contributed by atoms with Crippen LogP contribution in [0.3, 0.4) is 0 Å². The molecule has 0 saturated carbocycles. The van der Waals surface area contributed by atoms with Crippen molar-refractivity contribution < 1.29 is 0 Å². The Kier molecular flexibility index (Phi) is 4.25. The standard InChI is InChI=1S/C11H17N3S/c1-9-14-7-10(15-9)6-13-5-4-11(2,3)8-12/h7,13H,4-6H2,1-3H3. The molecule has 0 aliphatic rings. The fourth-order valence-corrected chi connectivity index (χ4v) is 1.92. The highest BCUT2D eigenvalue weighted by atomic mass is 32.1. The first-order valence-corrected chi connectivity index (χ1v) is 5.88. The molecular formula is C11H17N3S. The van der Waals surface area contributed by atoms with E-state index in [0.29, 0.717) is 0 Å². The predicted molar refractivity (Wildman–Crippen MR) is 62.6 cm³/mol. The number of thiazole rings is 1. The molecule has 3 nitrogen and oxygen atoms in total.